The predicted octanol–water partition coefficient (Wildman–Crippen LogP) is 4.33. The lowest BCUT2D eigenvalue weighted by molar-refractivity contribution is -0.125. The van der Waals surface area contributed by atoms with E-state index in [0.29, 0.717) is 42.0 Å². The molecule has 0 aromatic heterocycles. The van der Waals surface area contributed by atoms with Gasteiger partial charge in [-0.3, -0.25) is 4.79 Å². The molecular weight excluding hydrogens is 356 g/mol. The van der Waals surface area contributed by atoms with E-state index >= 15 is 0 Å². The van der Waals surface area contributed by atoms with Gasteiger partial charge in [-0.1, -0.05) is 6.92 Å². The molecule has 0 heterocycles. The van der Waals surface area contributed by atoms with Crippen molar-refractivity contribution in [3.8, 4) is 5.75 Å². The van der Waals surface area contributed by atoms with Crippen LogP contribution in [0.4, 0.5) is 0 Å². The molecule has 0 amide bonds. The Labute approximate surface area is 167 Å². The Morgan fingerprint density at radius 2 is 1.93 bits per heavy atom. The van der Waals surface area contributed by atoms with Gasteiger partial charge in [0.1, 0.15) is 12.5 Å². The number of ether oxygens (including phenoxy) is 4. The largest absolute Gasteiger partial charge is 0.467 e. The highest BCUT2D eigenvalue weighted by atomic mass is 16.7. The van der Waals surface area contributed by atoms with Crippen LogP contribution in [0.15, 0.2) is 12.1 Å². The Hall–Kier alpha value is -1.43. The zero-order valence-corrected chi connectivity index (χ0v) is 17.2. The SMILES string of the molecule is COCOc1cc2c(cc1C=O)C1CC[C@@]3(C)C(CC[C@@H]3OCOC)C1CC2. The van der Waals surface area contributed by atoms with E-state index in [1.807, 2.05) is 0 Å². The molecule has 2 saturated carbocycles. The van der Waals surface area contributed by atoms with Gasteiger partial charge in [-0.25, -0.2) is 0 Å². The molecule has 3 unspecified atom stereocenters. The van der Waals surface area contributed by atoms with Crippen molar-refractivity contribution in [3.63, 3.8) is 0 Å². The van der Waals surface area contributed by atoms with Crippen LogP contribution in [0.25, 0.3) is 0 Å². The van der Waals surface area contributed by atoms with Crippen molar-refractivity contribution in [1.29, 1.82) is 0 Å². The summed E-state index contributed by atoms with van der Waals surface area (Å²) in [6.45, 7) is 2.97. The summed E-state index contributed by atoms with van der Waals surface area (Å²) in [6.07, 6.45) is 8.16. The molecule has 3 aliphatic rings. The summed E-state index contributed by atoms with van der Waals surface area (Å²) in [5.74, 6) is 2.54. The fourth-order valence-corrected chi connectivity index (χ4v) is 6.33. The Kier molecular flexibility index (Phi) is 5.77. The van der Waals surface area contributed by atoms with E-state index in [0.717, 1.165) is 25.5 Å². The quantitative estimate of drug-likeness (QED) is 0.514. The zero-order valence-electron chi connectivity index (χ0n) is 17.2. The lowest BCUT2D eigenvalue weighted by Gasteiger charge is -2.50. The maximum Gasteiger partial charge on any atom is 0.188 e. The van der Waals surface area contributed by atoms with Gasteiger partial charge in [0.15, 0.2) is 13.1 Å². The van der Waals surface area contributed by atoms with Gasteiger partial charge in [0.2, 0.25) is 0 Å². The van der Waals surface area contributed by atoms with Crippen molar-refractivity contribution in [2.75, 3.05) is 27.8 Å². The van der Waals surface area contributed by atoms with Gasteiger partial charge in [-0.2, -0.15) is 0 Å². The minimum atomic E-state index is 0.162. The Balaban J connectivity index is 1.60. The van der Waals surface area contributed by atoms with Crippen molar-refractivity contribution < 1.29 is 23.7 Å². The topological polar surface area (TPSA) is 54.0 Å². The molecule has 1 aromatic carbocycles. The van der Waals surface area contributed by atoms with Crippen LogP contribution in [0.3, 0.4) is 0 Å². The maximum atomic E-state index is 11.7. The third-order valence-electron chi connectivity index (χ3n) is 7.61. The Morgan fingerprint density at radius 3 is 2.68 bits per heavy atom. The van der Waals surface area contributed by atoms with E-state index in [-0.39, 0.29) is 12.2 Å². The van der Waals surface area contributed by atoms with Gasteiger partial charge in [-0.05, 0) is 85.0 Å². The summed E-state index contributed by atoms with van der Waals surface area (Å²) in [5, 5.41) is 0. The van der Waals surface area contributed by atoms with Crippen molar-refractivity contribution in [2.24, 2.45) is 17.3 Å². The van der Waals surface area contributed by atoms with Gasteiger partial charge in [0.25, 0.3) is 0 Å². The molecular formula is C23H32O5. The van der Waals surface area contributed by atoms with Crippen LogP contribution >= 0.6 is 0 Å². The minimum absolute atomic E-state index is 0.162. The standard InChI is InChI=1S/C23H32O5/c1-23-9-8-17-18(20(23)6-7-22(23)28-14-26-3)5-4-15-11-21(27-13-25-2)16(12-24)10-19(15)17/h10-12,17-18,20,22H,4-9,13-14H2,1-3H3/t17?,18?,20?,22-,23-/m0/s1. The number of rotatable bonds is 7. The number of aldehydes is 1. The third-order valence-corrected chi connectivity index (χ3v) is 7.61. The highest BCUT2D eigenvalue weighted by Crippen LogP contribution is 2.61. The first-order valence-corrected chi connectivity index (χ1v) is 10.5. The highest BCUT2D eigenvalue weighted by molar-refractivity contribution is 5.80. The summed E-state index contributed by atoms with van der Waals surface area (Å²) < 4.78 is 21.9. The molecule has 0 N–H and O–H groups in total. The number of methoxy groups -OCH3 is 2. The first kappa shape index (κ1) is 19.9. The second-order valence-electron chi connectivity index (χ2n) is 8.86. The van der Waals surface area contributed by atoms with Gasteiger partial charge in [0, 0.05) is 14.2 Å². The predicted molar refractivity (Wildman–Crippen MR) is 106 cm³/mol. The second kappa shape index (κ2) is 8.13. The van der Waals surface area contributed by atoms with E-state index in [1.54, 1.807) is 14.2 Å². The average molecular weight is 389 g/mol. The summed E-state index contributed by atoms with van der Waals surface area (Å²) in [6, 6.07) is 4.15. The number of aryl methyl sites for hydroxylation is 1. The third kappa shape index (κ3) is 3.27. The summed E-state index contributed by atoms with van der Waals surface area (Å²) in [5.41, 5.74) is 3.59. The van der Waals surface area contributed by atoms with Crippen LogP contribution in [0, 0.1) is 17.3 Å². The van der Waals surface area contributed by atoms with Crippen LogP contribution in [0.5, 0.6) is 5.75 Å². The van der Waals surface area contributed by atoms with E-state index in [1.165, 1.54) is 30.4 Å². The van der Waals surface area contributed by atoms with Crippen molar-refractivity contribution >= 4 is 6.29 Å². The lowest BCUT2D eigenvalue weighted by atomic mass is 9.55. The average Bonchev–Trinajstić information content (AvgIpc) is 3.05. The number of carbonyl (C=O) groups is 1. The van der Waals surface area contributed by atoms with Crippen LogP contribution in [0.1, 0.15) is 66.4 Å². The molecule has 0 aliphatic heterocycles. The number of benzene rings is 1. The van der Waals surface area contributed by atoms with E-state index < -0.39 is 0 Å². The van der Waals surface area contributed by atoms with Crippen molar-refractivity contribution in [2.45, 2.75) is 57.5 Å². The molecule has 0 saturated heterocycles. The highest BCUT2D eigenvalue weighted by Gasteiger charge is 2.55. The first-order chi connectivity index (χ1) is 13.6. The first-order valence-electron chi connectivity index (χ1n) is 10.5. The Bertz CT molecular complexity index is 717. The molecule has 3 aliphatic carbocycles. The molecule has 0 spiro atoms. The summed E-state index contributed by atoms with van der Waals surface area (Å²) in [4.78, 5) is 11.7. The van der Waals surface area contributed by atoms with Crippen LogP contribution < -0.4 is 4.74 Å². The smallest absolute Gasteiger partial charge is 0.188 e. The number of hydrogen-bond donors (Lipinski definition) is 0. The minimum Gasteiger partial charge on any atom is -0.467 e. The second-order valence-corrected chi connectivity index (χ2v) is 8.86. The number of hydrogen-bond acceptors (Lipinski definition) is 5. The molecule has 1 aromatic rings. The van der Waals surface area contributed by atoms with Gasteiger partial charge in [-0.15, -0.1) is 0 Å². The molecule has 0 bridgehead atoms. The van der Waals surface area contributed by atoms with E-state index in [9.17, 15) is 4.79 Å². The number of fused-ring (bicyclic) bond motifs is 5. The summed E-state index contributed by atoms with van der Waals surface area (Å²) >= 11 is 0. The molecule has 5 heteroatoms. The molecule has 5 nitrogen and oxygen atoms in total. The normalized spacial score (nSPS) is 33.7. The molecule has 28 heavy (non-hydrogen) atoms. The monoisotopic (exact) mass is 388 g/mol. The zero-order chi connectivity index (χ0) is 19.7. The molecule has 4 rings (SSSR count). The molecule has 2 fully saturated rings. The maximum absolute atomic E-state index is 11.7. The molecule has 154 valence electrons. The lowest BCUT2D eigenvalue weighted by Crippen LogP contribution is -2.44. The molecule has 5 atom stereocenters. The molecule has 0 radical (unpaired) electrons. The van der Waals surface area contributed by atoms with Crippen LogP contribution in [-0.4, -0.2) is 40.2 Å². The number of carbonyl (C=O) groups excluding carboxylic acids is 1. The van der Waals surface area contributed by atoms with Gasteiger partial charge in [0.05, 0.1) is 11.7 Å². The summed E-state index contributed by atoms with van der Waals surface area (Å²) in [7, 11) is 3.28. The van der Waals surface area contributed by atoms with E-state index in [2.05, 4.69) is 19.1 Å². The van der Waals surface area contributed by atoms with Crippen molar-refractivity contribution in [3.05, 3.63) is 28.8 Å². The van der Waals surface area contributed by atoms with Crippen LogP contribution in [0.2, 0.25) is 0 Å². The fourth-order valence-electron chi connectivity index (χ4n) is 6.33. The van der Waals surface area contributed by atoms with Gasteiger partial charge < -0.3 is 18.9 Å². The van der Waals surface area contributed by atoms with Crippen molar-refractivity contribution in [1.82, 2.24) is 0 Å². The van der Waals surface area contributed by atoms with Crippen LogP contribution in [-0.2, 0) is 20.6 Å². The van der Waals surface area contributed by atoms with Gasteiger partial charge >= 0.3 is 0 Å². The Morgan fingerprint density at radius 1 is 1.11 bits per heavy atom. The van der Waals surface area contributed by atoms with E-state index in [4.69, 9.17) is 18.9 Å². The fraction of sp³-hybridized carbons (Fsp3) is 0.696.